The smallest absolute Gasteiger partial charge is 0.257 e. The summed E-state index contributed by atoms with van der Waals surface area (Å²) in [5.41, 5.74) is 0.294. The van der Waals surface area contributed by atoms with E-state index in [1.807, 2.05) is 13.8 Å². The second kappa shape index (κ2) is 5.49. The molecule has 1 heterocycles. The van der Waals surface area contributed by atoms with E-state index >= 15 is 0 Å². The summed E-state index contributed by atoms with van der Waals surface area (Å²) in [7, 11) is 0. The molecular weight excluding hydrogens is 284 g/mol. The third kappa shape index (κ3) is 3.43. The Morgan fingerprint density at radius 3 is 2.71 bits per heavy atom. The van der Waals surface area contributed by atoms with E-state index in [1.54, 1.807) is 6.92 Å². The number of aromatic nitrogens is 1. The Kier molecular flexibility index (Phi) is 4.51. The fraction of sp³-hybridized carbons (Fsp3) is 0.500. The molecule has 2 N–H and O–H groups in total. The van der Waals surface area contributed by atoms with Crippen molar-refractivity contribution in [3.8, 4) is 0 Å². The van der Waals surface area contributed by atoms with Crippen LogP contribution < -0.4 is 10.7 Å². The van der Waals surface area contributed by atoms with Gasteiger partial charge in [0.25, 0.3) is 5.91 Å². The Morgan fingerprint density at radius 2 is 2.24 bits per heavy atom. The number of halogens is 1. The van der Waals surface area contributed by atoms with Crippen molar-refractivity contribution in [1.82, 2.24) is 10.3 Å². The normalized spacial score (nSPS) is 14.1. The standard InChI is InChI=1S/C12H17BrN2O2/c1-4-12(3,7-13)15-11(17)9-6-14-8(2)5-10(9)16/h5-6H,4,7H2,1-3H3,(H,14,16)(H,15,17). The van der Waals surface area contributed by atoms with E-state index < -0.39 is 0 Å². The van der Waals surface area contributed by atoms with Gasteiger partial charge in [-0.2, -0.15) is 0 Å². The lowest BCUT2D eigenvalue weighted by atomic mass is 10.0. The summed E-state index contributed by atoms with van der Waals surface area (Å²) in [6.07, 6.45) is 2.24. The quantitative estimate of drug-likeness (QED) is 0.835. The molecule has 0 spiro atoms. The lowest BCUT2D eigenvalue weighted by Crippen LogP contribution is -2.48. The van der Waals surface area contributed by atoms with Gasteiger partial charge in [0.15, 0.2) is 5.43 Å². The number of aromatic amines is 1. The Bertz CT molecular complexity index is 464. The summed E-state index contributed by atoms with van der Waals surface area (Å²) in [5, 5.41) is 3.51. The first kappa shape index (κ1) is 14.0. The zero-order valence-corrected chi connectivity index (χ0v) is 11.8. The van der Waals surface area contributed by atoms with Gasteiger partial charge in [-0.15, -0.1) is 0 Å². The second-order valence-electron chi connectivity index (χ2n) is 4.40. The first-order chi connectivity index (χ1) is 7.91. The lowest BCUT2D eigenvalue weighted by Gasteiger charge is -2.27. The van der Waals surface area contributed by atoms with Crippen LogP contribution >= 0.6 is 15.9 Å². The van der Waals surface area contributed by atoms with Crippen molar-refractivity contribution in [2.45, 2.75) is 32.7 Å². The number of nitrogens with one attached hydrogen (secondary N) is 2. The first-order valence-corrected chi connectivity index (χ1v) is 6.62. The van der Waals surface area contributed by atoms with Crippen LogP contribution in [0.1, 0.15) is 36.3 Å². The number of H-pyrrole nitrogens is 1. The van der Waals surface area contributed by atoms with Gasteiger partial charge in [-0.25, -0.2) is 0 Å². The van der Waals surface area contributed by atoms with Gasteiger partial charge in [-0.1, -0.05) is 22.9 Å². The Hall–Kier alpha value is -1.10. The summed E-state index contributed by atoms with van der Waals surface area (Å²) in [6, 6.07) is 1.42. The van der Waals surface area contributed by atoms with Crippen LogP contribution in [0, 0.1) is 6.92 Å². The fourth-order valence-electron chi connectivity index (χ4n) is 1.31. The van der Waals surface area contributed by atoms with E-state index in [2.05, 4.69) is 26.2 Å². The Balaban J connectivity index is 2.94. The molecule has 1 unspecified atom stereocenters. The van der Waals surface area contributed by atoms with E-state index in [-0.39, 0.29) is 22.4 Å². The number of alkyl halides is 1. The van der Waals surface area contributed by atoms with Gasteiger partial charge in [0.1, 0.15) is 5.56 Å². The van der Waals surface area contributed by atoms with Crippen LogP contribution in [0.2, 0.25) is 0 Å². The highest BCUT2D eigenvalue weighted by Gasteiger charge is 2.24. The molecule has 0 aromatic carbocycles. The van der Waals surface area contributed by atoms with Crippen LogP contribution in [0.25, 0.3) is 0 Å². The zero-order chi connectivity index (χ0) is 13.1. The van der Waals surface area contributed by atoms with Gasteiger partial charge in [0.05, 0.1) is 0 Å². The number of hydrogen-bond acceptors (Lipinski definition) is 2. The van der Waals surface area contributed by atoms with Crippen LogP contribution in [0.15, 0.2) is 17.1 Å². The maximum Gasteiger partial charge on any atom is 0.257 e. The van der Waals surface area contributed by atoms with E-state index in [0.717, 1.165) is 12.1 Å². The number of rotatable bonds is 4. The molecule has 0 radical (unpaired) electrons. The SMILES string of the molecule is CCC(C)(CBr)NC(=O)c1c[nH]c(C)cc1=O. The van der Waals surface area contributed by atoms with Crippen molar-refractivity contribution < 1.29 is 4.79 Å². The fourth-order valence-corrected chi connectivity index (χ4v) is 1.85. The highest BCUT2D eigenvalue weighted by molar-refractivity contribution is 9.09. The average Bonchev–Trinajstić information content (AvgIpc) is 2.28. The number of pyridine rings is 1. The molecule has 0 aliphatic heterocycles. The van der Waals surface area contributed by atoms with Crippen molar-refractivity contribution in [3.05, 3.63) is 33.7 Å². The summed E-state index contributed by atoms with van der Waals surface area (Å²) in [4.78, 5) is 26.5. The van der Waals surface area contributed by atoms with Crippen molar-refractivity contribution in [2.24, 2.45) is 0 Å². The predicted octanol–water partition coefficient (Wildman–Crippen LogP) is 1.98. The zero-order valence-electron chi connectivity index (χ0n) is 10.3. The molecule has 0 saturated heterocycles. The number of carbonyl (C=O) groups excluding carboxylic acids is 1. The average molecular weight is 301 g/mol. The van der Waals surface area contributed by atoms with Gasteiger partial charge < -0.3 is 10.3 Å². The van der Waals surface area contributed by atoms with Crippen LogP contribution in [0.3, 0.4) is 0 Å². The predicted molar refractivity (Wildman–Crippen MR) is 71.8 cm³/mol. The summed E-state index contributed by atoms with van der Waals surface area (Å²) in [5.74, 6) is -0.338. The molecule has 0 fully saturated rings. The molecule has 1 aromatic heterocycles. The minimum absolute atomic E-state index is 0.149. The third-order valence-electron chi connectivity index (χ3n) is 2.79. The number of hydrogen-bond donors (Lipinski definition) is 2. The highest BCUT2D eigenvalue weighted by Crippen LogP contribution is 2.12. The molecule has 0 bridgehead atoms. The molecule has 5 heteroatoms. The molecule has 0 aliphatic carbocycles. The Labute approximate surface area is 109 Å². The molecule has 0 saturated carbocycles. The van der Waals surface area contributed by atoms with Crippen molar-refractivity contribution >= 4 is 21.8 Å². The number of amides is 1. The van der Waals surface area contributed by atoms with E-state index in [0.29, 0.717) is 5.33 Å². The maximum atomic E-state index is 12.0. The summed E-state index contributed by atoms with van der Waals surface area (Å²) in [6.45, 7) is 5.70. The van der Waals surface area contributed by atoms with Crippen LogP contribution in [-0.4, -0.2) is 21.8 Å². The third-order valence-corrected chi connectivity index (χ3v) is 4.03. The van der Waals surface area contributed by atoms with Crippen molar-refractivity contribution in [3.63, 3.8) is 0 Å². The summed E-state index contributed by atoms with van der Waals surface area (Å²) < 4.78 is 0. The van der Waals surface area contributed by atoms with Gasteiger partial charge in [-0.05, 0) is 20.3 Å². The highest BCUT2D eigenvalue weighted by atomic mass is 79.9. The molecule has 1 rings (SSSR count). The van der Waals surface area contributed by atoms with Crippen molar-refractivity contribution in [1.29, 1.82) is 0 Å². The molecule has 1 amide bonds. The molecule has 17 heavy (non-hydrogen) atoms. The van der Waals surface area contributed by atoms with Gasteiger partial charge in [0.2, 0.25) is 0 Å². The number of carbonyl (C=O) groups is 1. The topological polar surface area (TPSA) is 62.0 Å². The monoisotopic (exact) mass is 300 g/mol. The lowest BCUT2D eigenvalue weighted by molar-refractivity contribution is 0.0912. The van der Waals surface area contributed by atoms with Crippen LogP contribution in [-0.2, 0) is 0 Å². The molecule has 4 nitrogen and oxygen atoms in total. The second-order valence-corrected chi connectivity index (χ2v) is 4.96. The van der Waals surface area contributed by atoms with E-state index in [4.69, 9.17) is 0 Å². The molecule has 1 atom stereocenters. The van der Waals surface area contributed by atoms with Gasteiger partial charge in [-0.3, -0.25) is 9.59 Å². The first-order valence-electron chi connectivity index (χ1n) is 5.49. The maximum absolute atomic E-state index is 12.0. The number of aryl methyl sites for hydroxylation is 1. The van der Waals surface area contributed by atoms with Crippen LogP contribution in [0.5, 0.6) is 0 Å². The Morgan fingerprint density at radius 1 is 1.59 bits per heavy atom. The summed E-state index contributed by atoms with van der Waals surface area (Å²) >= 11 is 3.36. The van der Waals surface area contributed by atoms with E-state index in [9.17, 15) is 9.59 Å². The molecular formula is C12H17BrN2O2. The molecule has 1 aromatic rings. The van der Waals surface area contributed by atoms with Gasteiger partial charge >= 0.3 is 0 Å². The largest absolute Gasteiger partial charge is 0.364 e. The van der Waals surface area contributed by atoms with Crippen LogP contribution in [0.4, 0.5) is 0 Å². The van der Waals surface area contributed by atoms with E-state index in [1.165, 1.54) is 12.3 Å². The van der Waals surface area contributed by atoms with Crippen molar-refractivity contribution in [2.75, 3.05) is 5.33 Å². The minimum Gasteiger partial charge on any atom is -0.364 e. The molecule has 0 aliphatic rings. The van der Waals surface area contributed by atoms with Gasteiger partial charge in [0, 0.05) is 28.8 Å². The molecule has 94 valence electrons. The minimum atomic E-state index is -0.339.